The molecule has 0 fully saturated rings. The smallest absolute Gasteiger partial charge is 0.332 e. The molecule has 1 radical (unpaired) electrons. The summed E-state index contributed by atoms with van der Waals surface area (Å²) in [7, 11) is 1.58. The molecule has 0 bridgehead atoms. The van der Waals surface area contributed by atoms with Crippen molar-refractivity contribution in [3.63, 3.8) is 0 Å². The van der Waals surface area contributed by atoms with Crippen LogP contribution in [0.5, 0.6) is 0 Å². The van der Waals surface area contributed by atoms with Crippen LogP contribution >= 0.6 is 0 Å². The standard InChI is InChI=1S/C20H25BN3O3/c1-19(2,26)20(3,4)27-21-14-10-16(17(22)24-11-14)12-5-6-15-13(9-12)7-8-23-18(15)25/h5-6,9-11,26H,7-8H2,1-4H3,(H2,22,24)(H,23,25). The molecule has 1 aliphatic heterocycles. The first kappa shape index (κ1) is 19.4. The highest BCUT2D eigenvalue weighted by Gasteiger charge is 2.35. The van der Waals surface area contributed by atoms with Gasteiger partial charge in [0.05, 0.1) is 11.2 Å². The number of hydrogen-bond acceptors (Lipinski definition) is 5. The Hall–Kier alpha value is -2.38. The van der Waals surface area contributed by atoms with Crippen LogP contribution in [0.15, 0.2) is 30.5 Å². The van der Waals surface area contributed by atoms with Crippen molar-refractivity contribution in [2.45, 2.75) is 45.3 Å². The molecule has 1 aliphatic rings. The van der Waals surface area contributed by atoms with Gasteiger partial charge in [-0.25, -0.2) is 4.98 Å². The maximum atomic E-state index is 11.9. The summed E-state index contributed by atoms with van der Waals surface area (Å²) in [5, 5.41) is 13.1. The van der Waals surface area contributed by atoms with Crippen LogP contribution in [0.1, 0.15) is 43.6 Å². The summed E-state index contributed by atoms with van der Waals surface area (Å²) in [4.78, 5) is 16.2. The number of amides is 1. The number of hydrogen-bond donors (Lipinski definition) is 3. The Bertz CT molecular complexity index is 875. The highest BCUT2D eigenvalue weighted by atomic mass is 16.5. The van der Waals surface area contributed by atoms with E-state index in [1.807, 2.05) is 38.1 Å². The topological polar surface area (TPSA) is 97.5 Å². The molecule has 1 aromatic heterocycles. The average Bonchev–Trinajstić information content (AvgIpc) is 2.60. The van der Waals surface area contributed by atoms with E-state index in [0.29, 0.717) is 17.9 Å². The molecule has 6 nitrogen and oxygen atoms in total. The van der Waals surface area contributed by atoms with Crippen LogP contribution < -0.4 is 16.5 Å². The zero-order valence-corrected chi connectivity index (χ0v) is 16.2. The summed E-state index contributed by atoms with van der Waals surface area (Å²) in [5.74, 6) is 0.368. The second-order valence-electron chi connectivity index (χ2n) is 7.88. The lowest BCUT2D eigenvalue weighted by atomic mass is 9.82. The molecule has 7 heteroatoms. The number of fused-ring (bicyclic) bond motifs is 1. The fourth-order valence-electron chi connectivity index (χ4n) is 2.74. The number of benzene rings is 1. The first-order valence-electron chi connectivity index (χ1n) is 8.99. The second-order valence-corrected chi connectivity index (χ2v) is 7.88. The molecule has 2 aromatic rings. The lowest BCUT2D eigenvalue weighted by molar-refractivity contribution is -0.0893. The molecule has 0 spiro atoms. The number of carbonyl (C=O) groups excluding carboxylic acids is 1. The van der Waals surface area contributed by atoms with Crippen molar-refractivity contribution >= 4 is 24.7 Å². The Morgan fingerprint density at radius 1 is 1.22 bits per heavy atom. The lowest BCUT2D eigenvalue weighted by Crippen LogP contribution is -2.49. The van der Waals surface area contributed by atoms with Crippen molar-refractivity contribution in [3.8, 4) is 11.1 Å². The van der Waals surface area contributed by atoms with E-state index in [2.05, 4.69) is 10.3 Å². The number of anilines is 1. The third-order valence-corrected chi connectivity index (χ3v) is 5.24. The maximum absolute atomic E-state index is 11.9. The van der Waals surface area contributed by atoms with Gasteiger partial charge in [-0.05, 0) is 56.8 Å². The number of aromatic nitrogens is 1. The molecule has 0 saturated carbocycles. The normalized spacial score (nSPS) is 14.5. The maximum Gasteiger partial charge on any atom is 0.332 e. The van der Waals surface area contributed by atoms with Gasteiger partial charge in [0, 0.05) is 23.9 Å². The van der Waals surface area contributed by atoms with E-state index < -0.39 is 11.2 Å². The summed E-state index contributed by atoms with van der Waals surface area (Å²) in [6.45, 7) is 7.69. The van der Waals surface area contributed by atoms with Crippen molar-refractivity contribution in [3.05, 3.63) is 41.6 Å². The monoisotopic (exact) mass is 366 g/mol. The summed E-state index contributed by atoms with van der Waals surface area (Å²) >= 11 is 0. The molecule has 1 amide bonds. The first-order chi connectivity index (χ1) is 12.6. The Morgan fingerprint density at radius 2 is 1.96 bits per heavy atom. The predicted molar refractivity (Wildman–Crippen MR) is 107 cm³/mol. The van der Waals surface area contributed by atoms with Gasteiger partial charge in [-0.15, -0.1) is 0 Å². The molecule has 141 valence electrons. The summed E-state index contributed by atoms with van der Waals surface area (Å²) in [5.41, 5.74) is 8.45. The van der Waals surface area contributed by atoms with Crippen molar-refractivity contribution < 1.29 is 14.6 Å². The van der Waals surface area contributed by atoms with E-state index in [-0.39, 0.29) is 5.91 Å². The van der Waals surface area contributed by atoms with Crippen molar-refractivity contribution in [1.29, 1.82) is 0 Å². The fourth-order valence-corrected chi connectivity index (χ4v) is 2.74. The third kappa shape index (κ3) is 3.99. The third-order valence-electron chi connectivity index (χ3n) is 5.24. The number of nitrogens with two attached hydrogens (primary N) is 1. The number of nitrogens with zero attached hydrogens (tertiary/aromatic N) is 1. The number of rotatable bonds is 5. The highest BCUT2D eigenvalue weighted by molar-refractivity contribution is 6.47. The molecule has 0 atom stereocenters. The molecule has 0 aliphatic carbocycles. The zero-order valence-electron chi connectivity index (χ0n) is 16.2. The van der Waals surface area contributed by atoms with Gasteiger partial charge < -0.3 is 20.8 Å². The summed E-state index contributed by atoms with van der Waals surface area (Å²) < 4.78 is 5.81. The van der Waals surface area contributed by atoms with Gasteiger partial charge >= 0.3 is 7.48 Å². The minimum absolute atomic E-state index is 0.0433. The van der Waals surface area contributed by atoms with Crippen LogP contribution in [0.4, 0.5) is 5.82 Å². The fraction of sp³-hybridized carbons (Fsp3) is 0.400. The van der Waals surface area contributed by atoms with E-state index in [1.165, 1.54) is 0 Å². The number of aliphatic hydroxyl groups is 1. The van der Waals surface area contributed by atoms with Crippen LogP contribution in [0.3, 0.4) is 0 Å². The molecular weight excluding hydrogens is 341 g/mol. The van der Waals surface area contributed by atoms with Crippen LogP contribution in [0.2, 0.25) is 0 Å². The number of nitrogens with one attached hydrogen (secondary N) is 1. The minimum Gasteiger partial charge on any atom is -0.427 e. The van der Waals surface area contributed by atoms with Crippen LogP contribution in [-0.4, -0.2) is 41.2 Å². The largest absolute Gasteiger partial charge is 0.427 e. The summed E-state index contributed by atoms with van der Waals surface area (Å²) in [6, 6.07) is 7.59. The van der Waals surface area contributed by atoms with Gasteiger partial charge in [0.2, 0.25) is 0 Å². The Balaban J connectivity index is 1.87. The van der Waals surface area contributed by atoms with Crippen molar-refractivity contribution in [1.82, 2.24) is 10.3 Å². The summed E-state index contributed by atoms with van der Waals surface area (Å²) in [6.07, 6.45) is 2.42. The quantitative estimate of drug-likeness (QED) is 0.696. The van der Waals surface area contributed by atoms with E-state index in [4.69, 9.17) is 10.4 Å². The molecule has 0 unspecified atom stereocenters. The zero-order chi connectivity index (χ0) is 19.8. The van der Waals surface area contributed by atoms with Gasteiger partial charge in [-0.1, -0.05) is 18.2 Å². The van der Waals surface area contributed by atoms with Gasteiger partial charge in [0.25, 0.3) is 5.91 Å². The van der Waals surface area contributed by atoms with Crippen molar-refractivity contribution in [2.24, 2.45) is 0 Å². The molecular formula is C20H25BN3O3. The molecule has 0 saturated heterocycles. The predicted octanol–water partition coefficient (Wildman–Crippen LogP) is 1.43. The molecule has 27 heavy (non-hydrogen) atoms. The van der Waals surface area contributed by atoms with Crippen molar-refractivity contribution in [2.75, 3.05) is 12.3 Å². The molecule has 4 N–H and O–H groups in total. The Kier molecular flexibility index (Phi) is 5.01. The average molecular weight is 366 g/mol. The second kappa shape index (κ2) is 6.98. The number of nitrogen functional groups attached to an aromatic ring is 1. The minimum atomic E-state index is -1.01. The van der Waals surface area contributed by atoms with Gasteiger partial charge in [-0.2, -0.15) is 0 Å². The highest BCUT2D eigenvalue weighted by Crippen LogP contribution is 2.28. The Morgan fingerprint density at radius 3 is 2.67 bits per heavy atom. The first-order valence-corrected chi connectivity index (χ1v) is 8.99. The molecule has 3 rings (SSSR count). The van der Waals surface area contributed by atoms with E-state index in [1.54, 1.807) is 27.5 Å². The van der Waals surface area contributed by atoms with Crippen LogP contribution in [-0.2, 0) is 11.1 Å². The molecule has 2 heterocycles. The van der Waals surface area contributed by atoms with Crippen LogP contribution in [0.25, 0.3) is 11.1 Å². The van der Waals surface area contributed by atoms with E-state index in [9.17, 15) is 9.90 Å². The number of pyridine rings is 1. The Labute approximate surface area is 160 Å². The number of carbonyl (C=O) groups is 1. The van der Waals surface area contributed by atoms with Gasteiger partial charge in [0.15, 0.2) is 0 Å². The lowest BCUT2D eigenvalue weighted by Gasteiger charge is -2.37. The molecule has 1 aromatic carbocycles. The van der Waals surface area contributed by atoms with Gasteiger partial charge in [-0.3, -0.25) is 4.79 Å². The van der Waals surface area contributed by atoms with E-state index >= 15 is 0 Å². The van der Waals surface area contributed by atoms with Crippen LogP contribution in [0, 0.1) is 0 Å². The van der Waals surface area contributed by atoms with Gasteiger partial charge in [0.1, 0.15) is 5.82 Å². The SMILES string of the molecule is CC(C)(O)C(C)(C)O[B]c1cnc(N)c(-c2ccc3c(c2)CCNC3=O)c1. The van der Waals surface area contributed by atoms with E-state index in [0.717, 1.165) is 28.6 Å².